The molecule has 1 aromatic carbocycles. The normalized spacial score (nSPS) is 10.5. The van der Waals surface area contributed by atoms with Crippen LogP contribution in [0, 0.1) is 20.8 Å². The molecule has 0 aliphatic carbocycles. The lowest BCUT2D eigenvalue weighted by molar-refractivity contribution is 0.102. The molecular formula is C16H18N2O2S. The third-order valence-electron chi connectivity index (χ3n) is 3.36. The van der Waals surface area contributed by atoms with Gasteiger partial charge in [0.1, 0.15) is 5.75 Å². The first-order valence-corrected chi connectivity index (χ1v) is 7.61. The molecule has 0 aliphatic rings. The van der Waals surface area contributed by atoms with Gasteiger partial charge >= 0.3 is 0 Å². The summed E-state index contributed by atoms with van der Waals surface area (Å²) in [5, 5.41) is 0.650. The Morgan fingerprint density at radius 1 is 1.10 bits per heavy atom. The van der Waals surface area contributed by atoms with E-state index >= 15 is 0 Å². The molecule has 110 valence electrons. The van der Waals surface area contributed by atoms with Gasteiger partial charge in [0.05, 0.1) is 12.9 Å². The number of thioether (sulfide) groups is 1. The molecule has 0 saturated carbocycles. The molecule has 0 atom stereocenters. The number of aryl methyl sites for hydroxylation is 2. The van der Waals surface area contributed by atoms with E-state index in [-0.39, 0.29) is 5.78 Å². The highest BCUT2D eigenvalue weighted by Crippen LogP contribution is 2.19. The van der Waals surface area contributed by atoms with Crippen molar-refractivity contribution in [3.05, 3.63) is 46.8 Å². The fourth-order valence-corrected chi connectivity index (χ4v) is 2.63. The van der Waals surface area contributed by atoms with Crippen LogP contribution in [0.15, 0.2) is 29.4 Å². The average Bonchev–Trinajstić information content (AvgIpc) is 2.50. The Kier molecular flexibility index (Phi) is 4.96. The molecule has 0 bridgehead atoms. The van der Waals surface area contributed by atoms with Gasteiger partial charge in [0.25, 0.3) is 0 Å². The molecule has 0 aliphatic heterocycles. The largest absolute Gasteiger partial charge is 0.497 e. The Morgan fingerprint density at radius 2 is 1.67 bits per heavy atom. The zero-order valence-electron chi connectivity index (χ0n) is 12.6. The summed E-state index contributed by atoms with van der Waals surface area (Å²) in [6, 6.07) is 7.12. The Morgan fingerprint density at radius 3 is 2.19 bits per heavy atom. The SMILES string of the molecule is COc1ccc(C(=O)CSc2nc(C)c(C)c(C)n2)cc1. The minimum absolute atomic E-state index is 0.0575. The van der Waals surface area contributed by atoms with Gasteiger partial charge in [-0.3, -0.25) is 4.79 Å². The molecule has 0 radical (unpaired) electrons. The molecule has 5 heteroatoms. The Labute approximate surface area is 129 Å². The van der Waals surface area contributed by atoms with E-state index in [1.807, 2.05) is 20.8 Å². The monoisotopic (exact) mass is 302 g/mol. The quantitative estimate of drug-likeness (QED) is 0.481. The molecule has 0 saturated heterocycles. The van der Waals surface area contributed by atoms with Crippen LogP contribution in [0.4, 0.5) is 0 Å². The maximum absolute atomic E-state index is 12.1. The Balaban J connectivity index is 2.03. The molecule has 0 amide bonds. The van der Waals surface area contributed by atoms with Crippen LogP contribution in [0.1, 0.15) is 27.3 Å². The lowest BCUT2D eigenvalue weighted by atomic mass is 10.1. The number of rotatable bonds is 5. The van der Waals surface area contributed by atoms with E-state index < -0.39 is 0 Å². The number of carbonyl (C=O) groups excluding carboxylic acids is 1. The first kappa shape index (κ1) is 15.5. The van der Waals surface area contributed by atoms with Crippen LogP contribution >= 0.6 is 11.8 Å². The zero-order chi connectivity index (χ0) is 15.4. The summed E-state index contributed by atoms with van der Waals surface area (Å²) < 4.78 is 5.08. The maximum atomic E-state index is 12.1. The Hall–Kier alpha value is -1.88. The molecule has 1 aromatic heterocycles. The Bertz CT molecular complexity index is 631. The number of hydrogen-bond acceptors (Lipinski definition) is 5. The molecule has 1 heterocycles. The number of methoxy groups -OCH3 is 1. The zero-order valence-corrected chi connectivity index (χ0v) is 13.5. The number of carbonyl (C=O) groups is 1. The van der Waals surface area contributed by atoms with Crippen LogP contribution in [0.2, 0.25) is 0 Å². The van der Waals surface area contributed by atoms with E-state index in [4.69, 9.17) is 4.74 Å². The second-order valence-corrected chi connectivity index (χ2v) is 5.68. The van der Waals surface area contributed by atoms with Gasteiger partial charge in [-0.15, -0.1) is 0 Å². The molecule has 2 aromatic rings. The van der Waals surface area contributed by atoms with Crippen molar-refractivity contribution in [2.24, 2.45) is 0 Å². The van der Waals surface area contributed by atoms with Crippen molar-refractivity contribution in [2.45, 2.75) is 25.9 Å². The summed E-state index contributed by atoms with van der Waals surface area (Å²) in [6.07, 6.45) is 0. The van der Waals surface area contributed by atoms with E-state index in [1.54, 1.807) is 31.4 Å². The summed E-state index contributed by atoms with van der Waals surface area (Å²) in [7, 11) is 1.60. The van der Waals surface area contributed by atoms with E-state index in [0.29, 0.717) is 16.5 Å². The van der Waals surface area contributed by atoms with Gasteiger partial charge in [0, 0.05) is 17.0 Å². The van der Waals surface area contributed by atoms with Gasteiger partial charge in [0.15, 0.2) is 10.9 Å². The summed E-state index contributed by atoms with van der Waals surface area (Å²) in [6.45, 7) is 5.92. The fraction of sp³-hybridized carbons (Fsp3) is 0.312. The van der Waals surface area contributed by atoms with E-state index in [1.165, 1.54) is 11.8 Å². The van der Waals surface area contributed by atoms with Gasteiger partial charge in [-0.2, -0.15) is 0 Å². The molecule has 21 heavy (non-hydrogen) atoms. The highest BCUT2D eigenvalue weighted by Gasteiger charge is 2.10. The molecule has 0 fully saturated rings. The van der Waals surface area contributed by atoms with Crippen LogP contribution in [0.3, 0.4) is 0 Å². The van der Waals surface area contributed by atoms with E-state index in [9.17, 15) is 4.79 Å². The third-order valence-corrected chi connectivity index (χ3v) is 4.20. The fourth-order valence-electron chi connectivity index (χ4n) is 1.80. The molecule has 0 N–H and O–H groups in total. The van der Waals surface area contributed by atoms with Crippen LogP contribution in [-0.4, -0.2) is 28.6 Å². The number of benzene rings is 1. The smallest absolute Gasteiger partial charge is 0.188 e. The van der Waals surface area contributed by atoms with Crippen molar-refractivity contribution >= 4 is 17.5 Å². The number of nitrogens with zero attached hydrogens (tertiary/aromatic N) is 2. The number of Topliss-reactive ketones (excluding diaryl/α,β-unsaturated/α-hetero) is 1. The standard InChI is InChI=1S/C16H18N2O2S/c1-10-11(2)17-16(18-12(10)3)21-9-15(19)13-5-7-14(20-4)8-6-13/h5-8H,9H2,1-4H3. The highest BCUT2D eigenvalue weighted by atomic mass is 32.2. The number of hydrogen-bond donors (Lipinski definition) is 0. The number of aromatic nitrogens is 2. The number of ketones is 1. The molecule has 2 rings (SSSR count). The van der Waals surface area contributed by atoms with Crippen molar-refractivity contribution in [3.63, 3.8) is 0 Å². The van der Waals surface area contributed by atoms with Crippen molar-refractivity contribution < 1.29 is 9.53 Å². The van der Waals surface area contributed by atoms with Crippen molar-refractivity contribution in [1.29, 1.82) is 0 Å². The van der Waals surface area contributed by atoms with Crippen LogP contribution in [0.25, 0.3) is 0 Å². The van der Waals surface area contributed by atoms with Gasteiger partial charge in [-0.1, -0.05) is 11.8 Å². The van der Waals surface area contributed by atoms with E-state index in [2.05, 4.69) is 9.97 Å². The van der Waals surface area contributed by atoms with Crippen LogP contribution in [0.5, 0.6) is 5.75 Å². The van der Waals surface area contributed by atoms with Gasteiger partial charge in [-0.05, 0) is 50.6 Å². The van der Waals surface area contributed by atoms with Crippen LogP contribution < -0.4 is 4.74 Å². The minimum Gasteiger partial charge on any atom is -0.497 e. The molecule has 0 unspecified atom stereocenters. The second kappa shape index (κ2) is 6.72. The highest BCUT2D eigenvalue weighted by molar-refractivity contribution is 7.99. The summed E-state index contributed by atoms with van der Waals surface area (Å²) in [5.74, 6) is 1.13. The maximum Gasteiger partial charge on any atom is 0.188 e. The summed E-state index contributed by atoms with van der Waals surface area (Å²) in [5.41, 5.74) is 3.69. The predicted molar refractivity (Wildman–Crippen MR) is 84.3 cm³/mol. The average molecular weight is 302 g/mol. The van der Waals surface area contributed by atoms with Crippen molar-refractivity contribution in [2.75, 3.05) is 12.9 Å². The third kappa shape index (κ3) is 3.82. The summed E-state index contributed by atoms with van der Waals surface area (Å²) >= 11 is 1.37. The lowest BCUT2D eigenvalue weighted by Gasteiger charge is -2.06. The van der Waals surface area contributed by atoms with Crippen molar-refractivity contribution in [3.8, 4) is 5.75 Å². The van der Waals surface area contributed by atoms with E-state index in [0.717, 1.165) is 22.7 Å². The van der Waals surface area contributed by atoms with Crippen molar-refractivity contribution in [1.82, 2.24) is 9.97 Å². The molecule has 4 nitrogen and oxygen atoms in total. The lowest BCUT2D eigenvalue weighted by Crippen LogP contribution is -2.04. The summed E-state index contributed by atoms with van der Waals surface area (Å²) in [4.78, 5) is 20.9. The second-order valence-electron chi connectivity index (χ2n) is 4.74. The van der Waals surface area contributed by atoms with Gasteiger partial charge < -0.3 is 4.74 Å². The first-order valence-electron chi connectivity index (χ1n) is 6.63. The van der Waals surface area contributed by atoms with Crippen LogP contribution in [-0.2, 0) is 0 Å². The predicted octanol–water partition coefficient (Wildman–Crippen LogP) is 3.39. The first-order chi connectivity index (χ1) is 10.0. The number of ether oxygens (including phenoxy) is 1. The topological polar surface area (TPSA) is 52.1 Å². The minimum atomic E-state index is 0.0575. The molecule has 0 spiro atoms. The molecular weight excluding hydrogens is 284 g/mol. The van der Waals surface area contributed by atoms with Gasteiger partial charge in [-0.25, -0.2) is 9.97 Å². The van der Waals surface area contributed by atoms with Gasteiger partial charge in [0.2, 0.25) is 0 Å².